The Kier molecular flexibility index (Phi) is 6.98. The monoisotopic (exact) mass is 403 g/mol. The number of nitrogens with one attached hydrogen (secondary N) is 3. The normalized spacial score (nSPS) is 10.8. The van der Waals surface area contributed by atoms with Gasteiger partial charge in [-0.05, 0) is 30.7 Å². The Hall–Kier alpha value is -2.22. The highest BCUT2D eigenvalue weighted by Crippen LogP contribution is 2.28. The van der Waals surface area contributed by atoms with Crippen LogP contribution in [0.5, 0.6) is 0 Å². The molecular weight excluding hydrogens is 382 g/mol. The summed E-state index contributed by atoms with van der Waals surface area (Å²) in [6.07, 6.45) is 0. The highest BCUT2D eigenvalue weighted by Gasteiger charge is 2.06. The average molecular weight is 404 g/mol. The molecule has 3 aromatic rings. The van der Waals surface area contributed by atoms with Crippen molar-refractivity contribution in [2.75, 3.05) is 30.9 Å². The Morgan fingerprint density at radius 2 is 2.11 bits per heavy atom. The number of aromatic amines is 1. The van der Waals surface area contributed by atoms with Gasteiger partial charge in [-0.25, -0.2) is 4.98 Å². The van der Waals surface area contributed by atoms with Gasteiger partial charge in [-0.15, -0.1) is 11.8 Å². The second kappa shape index (κ2) is 9.64. The van der Waals surface area contributed by atoms with Gasteiger partial charge in [0.15, 0.2) is 0 Å². The van der Waals surface area contributed by atoms with Crippen LogP contribution in [0.3, 0.4) is 0 Å². The molecule has 0 radical (unpaired) electrons. The fraction of sp³-hybridized carbons (Fsp3) is 0.263. The highest BCUT2D eigenvalue weighted by molar-refractivity contribution is 7.98. The molecule has 0 bridgehead atoms. The molecule has 2 heterocycles. The van der Waals surface area contributed by atoms with Crippen LogP contribution >= 0.6 is 23.4 Å². The SMILES string of the molecule is COCCNc1cc(Nc2cc(C)n[nH]2)cc(SCc2cccc(Cl)c2)n1. The molecule has 1 aromatic carbocycles. The molecule has 3 N–H and O–H groups in total. The van der Waals surface area contributed by atoms with Gasteiger partial charge in [0.05, 0.1) is 12.3 Å². The Bertz CT molecular complexity index is 886. The molecule has 0 fully saturated rings. The molecule has 0 saturated heterocycles. The van der Waals surface area contributed by atoms with E-state index < -0.39 is 0 Å². The average Bonchev–Trinajstić information content (AvgIpc) is 3.05. The van der Waals surface area contributed by atoms with Crippen molar-refractivity contribution in [1.82, 2.24) is 15.2 Å². The van der Waals surface area contributed by atoms with E-state index in [0.717, 1.165) is 44.4 Å². The summed E-state index contributed by atoms with van der Waals surface area (Å²) in [4.78, 5) is 4.69. The number of hydrogen-bond donors (Lipinski definition) is 3. The number of benzene rings is 1. The number of ether oxygens (including phenoxy) is 1. The van der Waals surface area contributed by atoms with Gasteiger partial charge in [-0.3, -0.25) is 5.10 Å². The summed E-state index contributed by atoms with van der Waals surface area (Å²) in [5.74, 6) is 2.42. The van der Waals surface area contributed by atoms with Crippen molar-refractivity contribution in [1.29, 1.82) is 0 Å². The van der Waals surface area contributed by atoms with Crippen molar-refractivity contribution in [2.45, 2.75) is 17.7 Å². The Labute approximate surface area is 168 Å². The molecule has 0 aliphatic heterocycles. The first-order valence-corrected chi connectivity index (χ1v) is 9.90. The summed E-state index contributed by atoms with van der Waals surface area (Å²) >= 11 is 7.73. The summed E-state index contributed by atoms with van der Waals surface area (Å²) in [7, 11) is 1.68. The van der Waals surface area contributed by atoms with Crippen LogP contribution < -0.4 is 10.6 Å². The molecule has 0 aliphatic rings. The largest absolute Gasteiger partial charge is 0.383 e. The minimum Gasteiger partial charge on any atom is -0.383 e. The molecule has 0 amide bonds. The molecule has 0 saturated carbocycles. The predicted molar refractivity (Wildman–Crippen MR) is 112 cm³/mol. The minimum absolute atomic E-state index is 0.615. The lowest BCUT2D eigenvalue weighted by Crippen LogP contribution is -2.09. The Morgan fingerprint density at radius 3 is 2.85 bits per heavy atom. The molecule has 2 aromatic heterocycles. The van der Waals surface area contributed by atoms with Crippen LogP contribution in [-0.4, -0.2) is 35.4 Å². The van der Waals surface area contributed by atoms with E-state index in [1.165, 1.54) is 0 Å². The maximum Gasteiger partial charge on any atom is 0.129 e. The molecule has 0 atom stereocenters. The van der Waals surface area contributed by atoms with Crippen LogP contribution in [0.4, 0.5) is 17.3 Å². The molecule has 0 aliphatic carbocycles. The first-order chi connectivity index (χ1) is 13.1. The van der Waals surface area contributed by atoms with Gasteiger partial charge in [0.1, 0.15) is 16.7 Å². The van der Waals surface area contributed by atoms with Gasteiger partial charge in [-0.2, -0.15) is 5.10 Å². The van der Waals surface area contributed by atoms with E-state index in [1.54, 1.807) is 18.9 Å². The molecule has 142 valence electrons. The number of H-pyrrole nitrogens is 1. The number of anilines is 3. The van der Waals surface area contributed by atoms with Gasteiger partial charge in [0, 0.05) is 42.3 Å². The van der Waals surface area contributed by atoms with E-state index in [0.29, 0.717) is 13.2 Å². The number of thioether (sulfide) groups is 1. The van der Waals surface area contributed by atoms with E-state index in [4.69, 9.17) is 16.3 Å². The van der Waals surface area contributed by atoms with Crippen molar-refractivity contribution >= 4 is 40.7 Å². The Morgan fingerprint density at radius 1 is 1.22 bits per heavy atom. The number of hydrogen-bond acceptors (Lipinski definition) is 6. The van der Waals surface area contributed by atoms with Gasteiger partial charge in [-0.1, -0.05) is 23.7 Å². The van der Waals surface area contributed by atoms with Crippen LogP contribution in [-0.2, 0) is 10.5 Å². The van der Waals surface area contributed by atoms with Gasteiger partial charge in [0.2, 0.25) is 0 Å². The summed E-state index contributed by atoms with van der Waals surface area (Å²) in [6, 6.07) is 13.8. The van der Waals surface area contributed by atoms with Crippen LogP contribution in [0.2, 0.25) is 5.02 Å². The maximum absolute atomic E-state index is 6.07. The molecule has 0 spiro atoms. The summed E-state index contributed by atoms with van der Waals surface area (Å²) < 4.78 is 5.10. The number of nitrogens with zero attached hydrogens (tertiary/aromatic N) is 2. The number of methoxy groups -OCH3 is 1. The van der Waals surface area contributed by atoms with E-state index in [9.17, 15) is 0 Å². The third-order valence-corrected chi connectivity index (χ3v) is 4.89. The molecule has 27 heavy (non-hydrogen) atoms. The molecule has 0 unspecified atom stereocenters. The van der Waals surface area contributed by atoms with Crippen LogP contribution in [0, 0.1) is 6.92 Å². The van der Waals surface area contributed by atoms with E-state index >= 15 is 0 Å². The minimum atomic E-state index is 0.615. The quantitative estimate of drug-likeness (QED) is 0.350. The molecule has 3 rings (SSSR count). The van der Waals surface area contributed by atoms with E-state index in [-0.39, 0.29) is 0 Å². The maximum atomic E-state index is 6.07. The lowest BCUT2D eigenvalue weighted by molar-refractivity contribution is 0.210. The second-order valence-electron chi connectivity index (χ2n) is 5.97. The molecule has 6 nitrogen and oxygen atoms in total. The lowest BCUT2D eigenvalue weighted by atomic mass is 10.2. The Balaban J connectivity index is 1.75. The second-order valence-corrected chi connectivity index (χ2v) is 7.40. The fourth-order valence-corrected chi connectivity index (χ4v) is 3.53. The highest BCUT2D eigenvalue weighted by atomic mass is 35.5. The van der Waals surface area contributed by atoms with Crippen molar-refractivity contribution in [3.63, 3.8) is 0 Å². The van der Waals surface area contributed by atoms with Crippen molar-refractivity contribution < 1.29 is 4.74 Å². The van der Waals surface area contributed by atoms with Crippen molar-refractivity contribution in [2.24, 2.45) is 0 Å². The van der Waals surface area contributed by atoms with Crippen LogP contribution in [0.1, 0.15) is 11.3 Å². The van der Waals surface area contributed by atoms with Gasteiger partial charge in [0.25, 0.3) is 0 Å². The zero-order valence-corrected chi connectivity index (χ0v) is 16.8. The summed E-state index contributed by atoms with van der Waals surface area (Å²) in [6.45, 7) is 3.25. The van der Waals surface area contributed by atoms with Crippen molar-refractivity contribution in [3.05, 3.63) is 58.7 Å². The predicted octanol–water partition coefficient (Wildman–Crippen LogP) is 4.86. The van der Waals surface area contributed by atoms with Gasteiger partial charge < -0.3 is 15.4 Å². The number of pyridine rings is 1. The third-order valence-electron chi connectivity index (χ3n) is 3.67. The standard InChI is InChI=1S/C19H22ClN5OS/c1-13-8-18(25-24-13)22-16-10-17(21-6-7-26-2)23-19(11-16)27-12-14-4-3-5-15(20)9-14/h3-5,8-11H,6-7,12H2,1-2H3,(H3,21,22,23,24,25). The van der Waals surface area contributed by atoms with Gasteiger partial charge >= 0.3 is 0 Å². The van der Waals surface area contributed by atoms with E-state index in [2.05, 4.69) is 31.9 Å². The molecule has 8 heteroatoms. The zero-order valence-electron chi connectivity index (χ0n) is 15.3. The van der Waals surface area contributed by atoms with E-state index in [1.807, 2.05) is 43.3 Å². The van der Waals surface area contributed by atoms with Crippen LogP contribution in [0.15, 0.2) is 47.5 Å². The number of aromatic nitrogens is 3. The first kappa shape index (κ1) is 19.5. The van der Waals surface area contributed by atoms with Crippen LogP contribution in [0.25, 0.3) is 0 Å². The number of rotatable bonds is 9. The van der Waals surface area contributed by atoms with Crippen molar-refractivity contribution in [3.8, 4) is 0 Å². The summed E-state index contributed by atoms with van der Waals surface area (Å²) in [5, 5.41) is 15.4. The number of halogens is 1. The summed E-state index contributed by atoms with van der Waals surface area (Å²) in [5.41, 5.74) is 3.02. The zero-order chi connectivity index (χ0) is 19.1. The fourth-order valence-electron chi connectivity index (χ4n) is 2.45. The smallest absolute Gasteiger partial charge is 0.129 e. The third kappa shape index (κ3) is 6.16. The topological polar surface area (TPSA) is 74.9 Å². The number of aryl methyl sites for hydroxylation is 1. The molecular formula is C19H22ClN5OS. The lowest BCUT2D eigenvalue weighted by Gasteiger charge is -2.11. The first-order valence-electron chi connectivity index (χ1n) is 8.53.